The van der Waals surface area contributed by atoms with Gasteiger partial charge in [-0.3, -0.25) is 14.2 Å². The summed E-state index contributed by atoms with van der Waals surface area (Å²) in [5, 5.41) is 11.1. The summed E-state index contributed by atoms with van der Waals surface area (Å²) in [6, 6.07) is 10.2. The van der Waals surface area contributed by atoms with Crippen LogP contribution in [0.25, 0.3) is 0 Å². The van der Waals surface area contributed by atoms with Crippen LogP contribution in [0.4, 0.5) is 0 Å². The molecule has 1 saturated heterocycles. The average Bonchev–Trinajstić information content (AvgIpc) is 3.48. The number of aromatic nitrogens is 2. The summed E-state index contributed by atoms with van der Waals surface area (Å²) in [7, 11) is 0. The summed E-state index contributed by atoms with van der Waals surface area (Å²) in [5.41, 5.74) is 0.423. The number of unbranched alkanes of at least 4 members (excludes halogenated alkanes) is 1. The summed E-state index contributed by atoms with van der Waals surface area (Å²) < 4.78 is 1.76. The van der Waals surface area contributed by atoms with Crippen molar-refractivity contribution in [2.75, 3.05) is 13.1 Å². The van der Waals surface area contributed by atoms with E-state index in [1.807, 2.05) is 18.2 Å². The Hall–Kier alpha value is -2.63. The van der Waals surface area contributed by atoms with E-state index in [2.05, 4.69) is 31.0 Å². The van der Waals surface area contributed by atoms with E-state index in [9.17, 15) is 14.7 Å². The van der Waals surface area contributed by atoms with Gasteiger partial charge in [0.25, 0.3) is 11.5 Å². The van der Waals surface area contributed by atoms with Crippen molar-refractivity contribution in [3.05, 3.63) is 57.6 Å². The highest BCUT2D eigenvalue weighted by atomic mass is 16.3. The van der Waals surface area contributed by atoms with Crippen LogP contribution < -0.4 is 5.56 Å². The molecule has 0 bridgehead atoms. The van der Waals surface area contributed by atoms with Crippen molar-refractivity contribution in [2.24, 2.45) is 5.92 Å². The Balaban J connectivity index is 1.64. The zero-order chi connectivity index (χ0) is 21.3. The van der Waals surface area contributed by atoms with Crippen molar-refractivity contribution < 1.29 is 9.90 Å². The van der Waals surface area contributed by atoms with Crippen molar-refractivity contribution in [1.82, 2.24) is 14.5 Å². The molecule has 0 unspecified atom stereocenters. The van der Waals surface area contributed by atoms with E-state index < -0.39 is 11.5 Å². The second kappa shape index (κ2) is 8.62. The highest BCUT2D eigenvalue weighted by Crippen LogP contribution is 2.42. The summed E-state index contributed by atoms with van der Waals surface area (Å²) in [6.45, 7) is 5.26. The van der Waals surface area contributed by atoms with Crippen molar-refractivity contribution in [3.63, 3.8) is 0 Å². The molecule has 0 spiro atoms. The molecule has 2 aromatic rings. The number of carbonyl (C=O) groups excluding carboxylic acids is 1. The third-order valence-electron chi connectivity index (χ3n) is 6.60. The molecule has 2 heterocycles. The fourth-order valence-electron chi connectivity index (χ4n) is 4.58. The molecule has 1 aromatic heterocycles. The number of amides is 1. The monoisotopic (exact) mass is 409 g/mol. The molecule has 6 nitrogen and oxygen atoms in total. The summed E-state index contributed by atoms with van der Waals surface area (Å²) in [4.78, 5) is 32.0. The normalized spacial score (nSPS) is 19.8. The number of aromatic hydroxyl groups is 1. The van der Waals surface area contributed by atoms with Crippen LogP contribution in [-0.4, -0.2) is 38.6 Å². The molecule has 1 aliphatic carbocycles. The number of carbonyl (C=O) groups is 1. The van der Waals surface area contributed by atoms with Crippen molar-refractivity contribution in [3.8, 4) is 5.88 Å². The Bertz CT molecular complexity index is 966. The smallest absolute Gasteiger partial charge is 0.289 e. The molecular weight excluding hydrogens is 378 g/mol. The molecule has 6 heteroatoms. The maximum Gasteiger partial charge on any atom is 0.289 e. The maximum absolute atomic E-state index is 13.3. The SMILES string of the molecule is CCCCc1nc(=O)c(C(=O)N2CC[C@@H](c3ccccc3)C2)c(O)n1[C@@H](C)C1CC1. The van der Waals surface area contributed by atoms with E-state index in [1.54, 1.807) is 9.47 Å². The van der Waals surface area contributed by atoms with Gasteiger partial charge >= 0.3 is 0 Å². The van der Waals surface area contributed by atoms with Gasteiger partial charge in [0.05, 0.1) is 0 Å². The number of nitrogens with zero attached hydrogens (tertiary/aromatic N) is 3. The molecule has 2 atom stereocenters. The second-order valence-electron chi connectivity index (χ2n) is 8.73. The fourth-order valence-corrected chi connectivity index (χ4v) is 4.58. The number of aryl methyl sites for hydroxylation is 1. The molecule has 4 rings (SSSR count). The third kappa shape index (κ3) is 4.00. The van der Waals surface area contributed by atoms with Gasteiger partial charge in [-0.05, 0) is 44.1 Å². The Morgan fingerprint density at radius 1 is 1.23 bits per heavy atom. The minimum atomic E-state index is -0.606. The number of hydrogen-bond donors (Lipinski definition) is 1. The average molecular weight is 410 g/mol. The minimum Gasteiger partial charge on any atom is -0.494 e. The van der Waals surface area contributed by atoms with Crippen LogP contribution in [0.3, 0.4) is 0 Å². The maximum atomic E-state index is 13.3. The van der Waals surface area contributed by atoms with Gasteiger partial charge in [0.2, 0.25) is 5.88 Å². The molecule has 0 radical (unpaired) electrons. The standard InChI is InChI=1S/C24H31N3O3/c1-3-4-10-20-25-22(28)21(24(30)27(20)16(2)17-11-12-17)23(29)26-14-13-19(15-26)18-8-6-5-7-9-18/h5-9,16-17,19,30H,3-4,10-15H2,1-2H3/t16-,19+/m0/s1. The molecular formula is C24H31N3O3. The molecule has 2 aliphatic rings. The van der Waals surface area contributed by atoms with E-state index in [0.29, 0.717) is 31.3 Å². The minimum absolute atomic E-state index is 0.0344. The lowest BCUT2D eigenvalue weighted by atomic mass is 9.99. The van der Waals surface area contributed by atoms with Crippen LogP contribution in [0.2, 0.25) is 0 Å². The highest BCUT2D eigenvalue weighted by molar-refractivity contribution is 5.96. The van der Waals surface area contributed by atoms with Gasteiger partial charge in [-0.25, -0.2) is 0 Å². The van der Waals surface area contributed by atoms with Gasteiger partial charge in [-0.15, -0.1) is 0 Å². The van der Waals surface area contributed by atoms with Crippen LogP contribution in [0.1, 0.15) is 79.7 Å². The number of hydrogen-bond acceptors (Lipinski definition) is 4. The predicted molar refractivity (Wildman–Crippen MR) is 116 cm³/mol. The van der Waals surface area contributed by atoms with Gasteiger partial charge in [-0.1, -0.05) is 43.7 Å². The predicted octanol–water partition coefficient (Wildman–Crippen LogP) is 3.89. The summed E-state index contributed by atoms with van der Waals surface area (Å²) in [6.07, 6.45) is 5.56. The van der Waals surface area contributed by atoms with Crippen molar-refractivity contribution in [1.29, 1.82) is 0 Å². The van der Waals surface area contributed by atoms with Gasteiger partial charge < -0.3 is 10.0 Å². The highest BCUT2D eigenvalue weighted by Gasteiger charge is 2.36. The molecule has 1 amide bonds. The van der Waals surface area contributed by atoms with Gasteiger partial charge in [0.15, 0.2) is 5.56 Å². The van der Waals surface area contributed by atoms with E-state index >= 15 is 0 Å². The van der Waals surface area contributed by atoms with E-state index in [-0.39, 0.29) is 23.4 Å². The summed E-state index contributed by atoms with van der Waals surface area (Å²) in [5.74, 6) is 0.717. The number of benzene rings is 1. The Kier molecular flexibility index (Phi) is 5.93. The van der Waals surface area contributed by atoms with Crippen LogP contribution >= 0.6 is 0 Å². The lowest BCUT2D eigenvalue weighted by molar-refractivity contribution is 0.0783. The zero-order valence-corrected chi connectivity index (χ0v) is 17.9. The third-order valence-corrected chi connectivity index (χ3v) is 6.60. The molecule has 30 heavy (non-hydrogen) atoms. The Morgan fingerprint density at radius 2 is 1.97 bits per heavy atom. The molecule has 160 valence electrons. The molecule has 1 N–H and O–H groups in total. The first-order valence-corrected chi connectivity index (χ1v) is 11.2. The fraction of sp³-hybridized carbons (Fsp3) is 0.542. The molecule has 1 aromatic carbocycles. The molecule has 2 fully saturated rings. The van der Waals surface area contributed by atoms with Gasteiger partial charge in [0.1, 0.15) is 5.82 Å². The largest absolute Gasteiger partial charge is 0.494 e. The van der Waals surface area contributed by atoms with Crippen molar-refractivity contribution in [2.45, 2.75) is 64.3 Å². The van der Waals surface area contributed by atoms with Crippen molar-refractivity contribution >= 4 is 5.91 Å². The van der Waals surface area contributed by atoms with Gasteiger partial charge in [-0.2, -0.15) is 4.98 Å². The first-order valence-electron chi connectivity index (χ1n) is 11.2. The number of rotatable bonds is 7. The number of likely N-dealkylation sites (tertiary alicyclic amines) is 1. The van der Waals surface area contributed by atoms with E-state index in [1.165, 1.54) is 5.56 Å². The quantitative estimate of drug-likeness (QED) is 0.753. The van der Waals surface area contributed by atoms with Crippen LogP contribution in [0, 0.1) is 5.92 Å². The first kappa shape index (κ1) is 20.6. The topological polar surface area (TPSA) is 75.4 Å². The molecule has 1 aliphatic heterocycles. The lowest BCUT2D eigenvalue weighted by Gasteiger charge is -2.24. The lowest BCUT2D eigenvalue weighted by Crippen LogP contribution is -2.35. The van der Waals surface area contributed by atoms with Crippen LogP contribution in [-0.2, 0) is 6.42 Å². The van der Waals surface area contributed by atoms with E-state index in [0.717, 1.165) is 32.1 Å². The summed E-state index contributed by atoms with van der Waals surface area (Å²) >= 11 is 0. The first-order chi connectivity index (χ1) is 14.5. The van der Waals surface area contributed by atoms with Crippen LogP contribution in [0.5, 0.6) is 5.88 Å². The zero-order valence-electron chi connectivity index (χ0n) is 17.9. The molecule has 1 saturated carbocycles. The van der Waals surface area contributed by atoms with Gasteiger partial charge in [0, 0.05) is 31.5 Å². The Morgan fingerprint density at radius 3 is 2.63 bits per heavy atom. The van der Waals surface area contributed by atoms with E-state index in [4.69, 9.17) is 0 Å². The second-order valence-corrected chi connectivity index (χ2v) is 8.73. The Labute approximate surface area is 177 Å². The van der Waals surface area contributed by atoms with Crippen LogP contribution in [0.15, 0.2) is 35.1 Å².